The Labute approximate surface area is 199 Å². The zero-order valence-electron chi connectivity index (χ0n) is 19.5. The van der Waals surface area contributed by atoms with E-state index in [9.17, 15) is 9.90 Å². The van der Waals surface area contributed by atoms with Crippen molar-refractivity contribution in [3.63, 3.8) is 0 Å². The summed E-state index contributed by atoms with van der Waals surface area (Å²) in [6.07, 6.45) is 7.43. The van der Waals surface area contributed by atoms with E-state index < -0.39 is 12.1 Å². The van der Waals surface area contributed by atoms with E-state index in [1.165, 1.54) is 0 Å². The number of rotatable bonds is 11. The Morgan fingerprint density at radius 3 is 2.94 bits per heavy atom. The van der Waals surface area contributed by atoms with Crippen LogP contribution >= 0.6 is 0 Å². The van der Waals surface area contributed by atoms with Crippen LogP contribution in [-0.2, 0) is 11.2 Å². The summed E-state index contributed by atoms with van der Waals surface area (Å²) in [6.45, 7) is 2.51. The van der Waals surface area contributed by atoms with Crippen molar-refractivity contribution in [3.8, 4) is 5.75 Å². The molecule has 0 spiro atoms. The number of nitrogens with zero attached hydrogens (tertiary/aromatic N) is 3. The summed E-state index contributed by atoms with van der Waals surface area (Å²) in [5.41, 5.74) is 1.35. The van der Waals surface area contributed by atoms with E-state index >= 15 is 4.39 Å². The first-order chi connectivity index (χ1) is 16.5. The van der Waals surface area contributed by atoms with E-state index in [1.807, 2.05) is 18.2 Å². The first-order valence-corrected chi connectivity index (χ1v) is 11.9. The molecule has 1 aliphatic rings. The number of methoxy groups -OCH3 is 1. The summed E-state index contributed by atoms with van der Waals surface area (Å²) in [6, 6.07) is 7.22. The van der Waals surface area contributed by atoms with Crippen LogP contribution in [0.4, 0.5) is 4.39 Å². The number of oxazole rings is 1. The van der Waals surface area contributed by atoms with E-state index in [1.54, 1.807) is 31.8 Å². The Hall–Kier alpha value is -3.00. The first kappa shape index (κ1) is 24.1. The fourth-order valence-corrected chi connectivity index (χ4v) is 5.09. The van der Waals surface area contributed by atoms with Crippen LogP contribution in [0.25, 0.3) is 10.9 Å². The highest BCUT2D eigenvalue weighted by atomic mass is 19.1. The maximum absolute atomic E-state index is 15.4. The van der Waals surface area contributed by atoms with Gasteiger partial charge in [-0.2, -0.15) is 0 Å². The number of alkyl halides is 1. The number of halogens is 1. The molecule has 182 valence electrons. The Kier molecular flexibility index (Phi) is 8.11. The second-order valence-electron chi connectivity index (χ2n) is 9.06. The largest absolute Gasteiger partial charge is 0.497 e. The average molecular weight is 470 g/mol. The predicted molar refractivity (Wildman–Crippen MR) is 126 cm³/mol. The third-order valence-corrected chi connectivity index (χ3v) is 6.87. The number of fused-ring (bicyclic) bond motifs is 1. The zero-order valence-corrected chi connectivity index (χ0v) is 19.5. The molecule has 0 saturated carbocycles. The first-order valence-electron chi connectivity index (χ1n) is 11.9. The van der Waals surface area contributed by atoms with Crippen molar-refractivity contribution in [2.45, 2.75) is 44.7 Å². The minimum atomic E-state index is -1.14. The van der Waals surface area contributed by atoms with E-state index in [-0.39, 0.29) is 18.3 Å². The highest BCUT2D eigenvalue weighted by Gasteiger charge is 2.31. The van der Waals surface area contributed by atoms with Crippen molar-refractivity contribution in [2.75, 3.05) is 26.7 Å². The van der Waals surface area contributed by atoms with Crippen molar-refractivity contribution < 1.29 is 23.4 Å². The Balaban J connectivity index is 1.35. The van der Waals surface area contributed by atoms with Gasteiger partial charge in [-0.05, 0) is 80.4 Å². The summed E-state index contributed by atoms with van der Waals surface area (Å²) in [5.74, 6) is 0.827. The van der Waals surface area contributed by atoms with Crippen molar-refractivity contribution in [2.24, 2.45) is 11.8 Å². The van der Waals surface area contributed by atoms with Gasteiger partial charge in [0.2, 0.25) is 0 Å². The zero-order chi connectivity index (χ0) is 23.9. The summed E-state index contributed by atoms with van der Waals surface area (Å²) >= 11 is 0. The molecule has 34 heavy (non-hydrogen) atoms. The number of likely N-dealkylation sites (tertiary alicyclic amines) is 1. The van der Waals surface area contributed by atoms with Gasteiger partial charge in [-0.15, -0.1) is 0 Å². The second kappa shape index (κ2) is 11.4. The number of aliphatic carboxylic acids is 1. The molecular weight excluding hydrogens is 437 g/mol. The number of carboxylic acids is 1. The molecule has 3 aromatic rings. The molecule has 8 heteroatoms. The minimum Gasteiger partial charge on any atom is -0.497 e. The standard InChI is InChI=1S/C26H32FN3O4/c1-33-20-5-7-24-22(16-20)21(8-10-28-24)23(27)6-4-18-9-13-30(17-19(18)15-26(31)32)12-2-3-25-29-11-14-34-25/h5,7-8,10-11,14,16,18-19,23H,2-4,6,9,12-13,15,17H2,1H3,(H,31,32)/t18-,19+,23?/m1/s1. The van der Waals surface area contributed by atoms with Gasteiger partial charge in [0.1, 0.15) is 18.2 Å². The van der Waals surface area contributed by atoms with Gasteiger partial charge in [0.15, 0.2) is 5.89 Å². The fraction of sp³-hybridized carbons (Fsp3) is 0.500. The van der Waals surface area contributed by atoms with Crippen molar-refractivity contribution >= 4 is 16.9 Å². The number of carbonyl (C=O) groups is 1. The normalized spacial score (nSPS) is 19.8. The summed E-state index contributed by atoms with van der Waals surface area (Å²) in [4.78, 5) is 22.3. The molecule has 1 unspecified atom stereocenters. The monoisotopic (exact) mass is 469 g/mol. The molecule has 7 nitrogen and oxygen atoms in total. The molecule has 1 fully saturated rings. The quantitative estimate of drug-likeness (QED) is 0.419. The number of ether oxygens (including phenoxy) is 1. The van der Waals surface area contributed by atoms with E-state index in [2.05, 4.69) is 14.9 Å². The number of aryl methyl sites for hydroxylation is 1. The van der Waals surface area contributed by atoms with Crippen LogP contribution < -0.4 is 4.74 Å². The Bertz CT molecular complexity index is 1080. The number of hydrogen-bond acceptors (Lipinski definition) is 6. The lowest BCUT2D eigenvalue weighted by molar-refractivity contribution is -0.139. The van der Waals surface area contributed by atoms with Gasteiger partial charge in [-0.3, -0.25) is 9.78 Å². The van der Waals surface area contributed by atoms with Gasteiger partial charge in [-0.1, -0.05) is 0 Å². The van der Waals surface area contributed by atoms with Crippen LogP contribution in [0.3, 0.4) is 0 Å². The smallest absolute Gasteiger partial charge is 0.303 e. The van der Waals surface area contributed by atoms with E-state index in [0.717, 1.165) is 55.7 Å². The van der Waals surface area contributed by atoms with Gasteiger partial charge < -0.3 is 19.2 Å². The highest BCUT2D eigenvalue weighted by Crippen LogP contribution is 2.36. The Morgan fingerprint density at radius 2 is 2.18 bits per heavy atom. The molecule has 3 heterocycles. The third-order valence-electron chi connectivity index (χ3n) is 6.87. The summed E-state index contributed by atoms with van der Waals surface area (Å²) in [7, 11) is 1.59. The van der Waals surface area contributed by atoms with Gasteiger partial charge in [0.05, 0.1) is 18.8 Å². The molecule has 0 aliphatic carbocycles. The SMILES string of the molecule is COc1ccc2nccc(C(F)CC[C@@H]3CCN(CCCc4ncco4)C[C@@H]3CC(=O)O)c2c1. The highest BCUT2D eigenvalue weighted by molar-refractivity contribution is 5.83. The van der Waals surface area contributed by atoms with Gasteiger partial charge in [0, 0.05) is 31.0 Å². The lowest BCUT2D eigenvalue weighted by Gasteiger charge is -2.38. The van der Waals surface area contributed by atoms with Gasteiger partial charge in [-0.25, -0.2) is 9.37 Å². The topological polar surface area (TPSA) is 88.7 Å². The molecule has 0 bridgehead atoms. The number of pyridine rings is 1. The molecular formula is C26H32FN3O4. The van der Waals surface area contributed by atoms with E-state index in [4.69, 9.17) is 9.15 Å². The van der Waals surface area contributed by atoms with Crippen LogP contribution in [0, 0.1) is 11.8 Å². The molecule has 4 rings (SSSR count). The molecule has 0 amide bonds. The molecule has 1 aromatic carbocycles. The van der Waals surface area contributed by atoms with Crippen molar-refractivity contribution in [1.29, 1.82) is 0 Å². The molecule has 1 N–H and O–H groups in total. The average Bonchev–Trinajstić information content (AvgIpc) is 3.36. The van der Waals surface area contributed by atoms with Crippen LogP contribution in [-0.4, -0.2) is 52.7 Å². The maximum atomic E-state index is 15.4. The van der Waals surface area contributed by atoms with Crippen LogP contribution in [0.5, 0.6) is 5.75 Å². The molecule has 0 radical (unpaired) electrons. The maximum Gasteiger partial charge on any atom is 0.303 e. The second-order valence-corrected chi connectivity index (χ2v) is 9.06. The van der Waals surface area contributed by atoms with Gasteiger partial charge in [0.25, 0.3) is 0 Å². The number of benzene rings is 1. The Morgan fingerprint density at radius 1 is 1.29 bits per heavy atom. The predicted octanol–water partition coefficient (Wildman–Crippen LogP) is 5.07. The van der Waals surface area contributed by atoms with Crippen LogP contribution in [0.2, 0.25) is 0 Å². The van der Waals surface area contributed by atoms with Crippen LogP contribution in [0.1, 0.15) is 49.7 Å². The minimum absolute atomic E-state index is 0.0227. The molecule has 1 saturated heterocycles. The molecule has 3 atom stereocenters. The summed E-state index contributed by atoms with van der Waals surface area (Å²) < 4.78 is 26.0. The number of aromatic nitrogens is 2. The van der Waals surface area contributed by atoms with Gasteiger partial charge >= 0.3 is 5.97 Å². The van der Waals surface area contributed by atoms with Crippen molar-refractivity contribution in [1.82, 2.24) is 14.9 Å². The van der Waals surface area contributed by atoms with Crippen molar-refractivity contribution in [3.05, 3.63) is 54.4 Å². The molecule has 2 aromatic heterocycles. The number of piperidine rings is 1. The lowest BCUT2D eigenvalue weighted by Crippen LogP contribution is -2.42. The number of hydrogen-bond donors (Lipinski definition) is 1. The lowest BCUT2D eigenvalue weighted by atomic mass is 9.79. The van der Waals surface area contributed by atoms with Crippen LogP contribution in [0.15, 0.2) is 47.3 Å². The summed E-state index contributed by atoms with van der Waals surface area (Å²) in [5, 5.41) is 10.2. The fourth-order valence-electron chi connectivity index (χ4n) is 5.09. The van der Waals surface area contributed by atoms with E-state index in [0.29, 0.717) is 24.2 Å². The third kappa shape index (κ3) is 6.11. The number of carboxylic acid groups (broad SMARTS) is 1. The molecule has 1 aliphatic heterocycles.